The van der Waals surface area contributed by atoms with Crippen molar-refractivity contribution in [3.05, 3.63) is 34.9 Å². The molecule has 1 aromatic carbocycles. The lowest BCUT2D eigenvalue weighted by atomic mass is 10.2. The van der Waals surface area contributed by atoms with Gasteiger partial charge in [-0.05, 0) is 82.1 Å². The number of nitrogens with one attached hydrogen (secondary N) is 1. The van der Waals surface area contributed by atoms with E-state index in [4.69, 9.17) is 4.74 Å². The maximum absolute atomic E-state index is 11.1. The molecule has 2 saturated carbocycles. The molecule has 1 aromatic heterocycles. The van der Waals surface area contributed by atoms with Gasteiger partial charge in [0.15, 0.2) is 4.60 Å². The first kappa shape index (κ1) is 30.4. The molecule has 0 amide bonds. The molecule has 0 aliphatic heterocycles. The molecule has 0 spiro atoms. The van der Waals surface area contributed by atoms with E-state index < -0.39 is 10.0 Å². The summed E-state index contributed by atoms with van der Waals surface area (Å²) < 4.78 is 30.8. The Balaban J connectivity index is 0.000000196. The molecule has 0 bridgehead atoms. The number of esters is 1. The topological polar surface area (TPSA) is 103 Å². The fraction of sp³-hybridized carbons (Fsp3) is 0.654. The van der Waals surface area contributed by atoms with E-state index in [0.717, 1.165) is 41.5 Å². The number of sulfonamides is 1. The van der Waals surface area contributed by atoms with Crippen LogP contribution in [0.3, 0.4) is 0 Å². The zero-order valence-corrected chi connectivity index (χ0v) is 24.7. The molecule has 36 heavy (non-hydrogen) atoms. The fourth-order valence-corrected chi connectivity index (χ4v) is 5.49. The van der Waals surface area contributed by atoms with Gasteiger partial charge in [-0.2, -0.15) is 9.90 Å². The van der Waals surface area contributed by atoms with Gasteiger partial charge in [-0.1, -0.05) is 44.2 Å². The number of carbonyl (C=O) groups is 1. The van der Waals surface area contributed by atoms with Crippen LogP contribution in [0.2, 0.25) is 0 Å². The Morgan fingerprint density at radius 2 is 1.58 bits per heavy atom. The average Bonchev–Trinajstić information content (AvgIpc) is 3.43. The van der Waals surface area contributed by atoms with Crippen LogP contribution in [0.5, 0.6) is 0 Å². The summed E-state index contributed by atoms with van der Waals surface area (Å²) in [7, 11) is -2.94. The third kappa shape index (κ3) is 10.3. The molecule has 4 rings (SSSR count). The first-order valence-corrected chi connectivity index (χ1v) is 15.1. The maximum Gasteiger partial charge on any atom is 0.308 e. The second-order valence-electron chi connectivity index (χ2n) is 10.1. The summed E-state index contributed by atoms with van der Waals surface area (Å²) in [4.78, 5) is 12.8. The number of hydrogen-bond acceptors (Lipinski definition) is 6. The second-order valence-corrected chi connectivity index (χ2v) is 12.9. The second kappa shape index (κ2) is 14.2. The van der Waals surface area contributed by atoms with Crippen LogP contribution < -0.4 is 4.72 Å². The first-order valence-electron chi connectivity index (χ1n) is 12.8. The lowest BCUT2D eigenvalue weighted by molar-refractivity contribution is -0.152. The van der Waals surface area contributed by atoms with Crippen LogP contribution in [0.1, 0.15) is 86.1 Å². The van der Waals surface area contributed by atoms with Crippen molar-refractivity contribution in [3.8, 4) is 11.3 Å². The summed E-state index contributed by atoms with van der Waals surface area (Å²) in [5.41, 5.74) is 1.97. The molecule has 2 aliphatic carbocycles. The molecule has 2 aliphatic rings. The Bertz CT molecular complexity index is 1050. The van der Waals surface area contributed by atoms with E-state index in [1.807, 2.05) is 58.0 Å². The summed E-state index contributed by atoms with van der Waals surface area (Å²) in [5.74, 6) is -0.0208. The highest BCUT2D eigenvalue weighted by Crippen LogP contribution is 2.27. The Hall–Kier alpha value is -1.78. The molecule has 1 heterocycles. The third-order valence-electron chi connectivity index (χ3n) is 5.52. The van der Waals surface area contributed by atoms with Crippen LogP contribution in [-0.2, 0) is 19.6 Å². The standard InChI is InChI=1S/C11H12BrN3.C9H16O2.C6H13NO2S/c1-8(2)15-13-10(11(12)14-15)9-6-4-3-5-7-9;1-7(2)9(10)11-8-5-3-4-6-8;1-5(2)7-10(8,9)6-3-4-6/h3-8H,1-2H3;7-8H,3-6H2,1-2H3;5-7H,3-4H2,1-2H3. The number of rotatable bonds is 7. The van der Waals surface area contributed by atoms with Gasteiger partial charge >= 0.3 is 5.97 Å². The number of ether oxygens (including phenoxy) is 1. The van der Waals surface area contributed by atoms with E-state index in [-0.39, 0.29) is 35.3 Å². The van der Waals surface area contributed by atoms with Gasteiger partial charge in [0.1, 0.15) is 11.8 Å². The van der Waals surface area contributed by atoms with Gasteiger partial charge in [-0.3, -0.25) is 4.79 Å². The lowest BCUT2D eigenvalue weighted by Gasteiger charge is -2.12. The van der Waals surface area contributed by atoms with Crippen molar-refractivity contribution >= 4 is 31.9 Å². The van der Waals surface area contributed by atoms with Crippen LogP contribution >= 0.6 is 15.9 Å². The lowest BCUT2D eigenvalue weighted by Crippen LogP contribution is -2.32. The first-order chi connectivity index (χ1) is 16.9. The molecule has 0 radical (unpaired) electrons. The van der Waals surface area contributed by atoms with Crippen molar-refractivity contribution in [2.75, 3.05) is 0 Å². The monoisotopic (exact) mass is 584 g/mol. The minimum atomic E-state index is -2.94. The van der Waals surface area contributed by atoms with E-state index in [1.54, 1.807) is 4.80 Å². The zero-order valence-electron chi connectivity index (χ0n) is 22.3. The van der Waals surface area contributed by atoms with Gasteiger partial charge in [-0.25, -0.2) is 13.1 Å². The highest BCUT2D eigenvalue weighted by Gasteiger charge is 2.35. The fourth-order valence-electron chi connectivity index (χ4n) is 3.42. The quantitative estimate of drug-likeness (QED) is 0.407. The van der Waals surface area contributed by atoms with Gasteiger partial charge in [0.25, 0.3) is 0 Å². The van der Waals surface area contributed by atoms with Gasteiger partial charge in [-0.15, -0.1) is 5.10 Å². The normalized spacial score (nSPS) is 15.9. The minimum absolute atomic E-state index is 0.0237. The summed E-state index contributed by atoms with van der Waals surface area (Å²) in [6, 6.07) is 10.3. The number of halogens is 1. The molecule has 202 valence electrons. The molecule has 10 heteroatoms. The molecular formula is C26H41BrN4O4S. The molecule has 1 N–H and O–H groups in total. The minimum Gasteiger partial charge on any atom is -0.462 e. The smallest absolute Gasteiger partial charge is 0.308 e. The van der Waals surface area contributed by atoms with E-state index in [0.29, 0.717) is 0 Å². The van der Waals surface area contributed by atoms with Crippen molar-refractivity contribution < 1.29 is 17.9 Å². The molecule has 0 atom stereocenters. The average molecular weight is 586 g/mol. The number of aromatic nitrogens is 3. The Morgan fingerprint density at radius 3 is 2.03 bits per heavy atom. The van der Waals surface area contributed by atoms with E-state index >= 15 is 0 Å². The van der Waals surface area contributed by atoms with Crippen molar-refractivity contribution in [1.82, 2.24) is 19.7 Å². The van der Waals surface area contributed by atoms with Crippen LogP contribution in [0.15, 0.2) is 34.9 Å². The summed E-state index contributed by atoms with van der Waals surface area (Å²) >= 11 is 3.43. The third-order valence-corrected chi connectivity index (χ3v) is 8.20. The summed E-state index contributed by atoms with van der Waals surface area (Å²) in [6.45, 7) is 11.5. The predicted octanol–water partition coefficient (Wildman–Crippen LogP) is 5.89. The van der Waals surface area contributed by atoms with Gasteiger partial charge < -0.3 is 4.74 Å². The van der Waals surface area contributed by atoms with Gasteiger partial charge in [0.05, 0.1) is 17.2 Å². The van der Waals surface area contributed by atoms with Crippen LogP contribution in [0, 0.1) is 5.92 Å². The highest BCUT2D eigenvalue weighted by atomic mass is 79.9. The Labute approximate surface area is 224 Å². The van der Waals surface area contributed by atoms with Crippen molar-refractivity contribution in [3.63, 3.8) is 0 Å². The molecule has 2 fully saturated rings. The van der Waals surface area contributed by atoms with E-state index in [2.05, 4.69) is 44.7 Å². The predicted molar refractivity (Wildman–Crippen MR) is 147 cm³/mol. The molecule has 0 unspecified atom stereocenters. The van der Waals surface area contributed by atoms with E-state index in [9.17, 15) is 13.2 Å². The Kier molecular flexibility index (Phi) is 12.0. The van der Waals surface area contributed by atoms with Crippen molar-refractivity contribution in [2.24, 2.45) is 5.92 Å². The molecule has 8 nitrogen and oxygen atoms in total. The van der Waals surface area contributed by atoms with Crippen molar-refractivity contribution in [1.29, 1.82) is 0 Å². The molecule has 2 aromatic rings. The van der Waals surface area contributed by atoms with Crippen LogP contribution in [0.4, 0.5) is 0 Å². The van der Waals surface area contributed by atoms with Crippen LogP contribution in [0.25, 0.3) is 11.3 Å². The van der Waals surface area contributed by atoms with Crippen molar-refractivity contribution in [2.45, 2.75) is 104 Å². The SMILES string of the molecule is CC(C)C(=O)OC1CCCC1.CC(C)NS(=O)(=O)C1CC1.CC(C)n1nc(Br)c(-c2ccccc2)n1. The van der Waals surface area contributed by atoms with Gasteiger partial charge in [0, 0.05) is 11.6 Å². The number of hydrogen-bond donors (Lipinski definition) is 1. The molecule has 0 saturated heterocycles. The summed E-state index contributed by atoms with van der Waals surface area (Å²) in [6.07, 6.45) is 6.47. The van der Waals surface area contributed by atoms with Crippen LogP contribution in [-0.4, -0.2) is 46.8 Å². The van der Waals surface area contributed by atoms with Gasteiger partial charge in [0.2, 0.25) is 10.0 Å². The Morgan fingerprint density at radius 1 is 1.00 bits per heavy atom. The molecular weight excluding hydrogens is 544 g/mol. The zero-order chi connectivity index (χ0) is 26.9. The highest BCUT2D eigenvalue weighted by molar-refractivity contribution is 9.10. The number of carbonyl (C=O) groups excluding carboxylic acids is 1. The number of nitrogens with zero attached hydrogens (tertiary/aromatic N) is 3. The number of benzene rings is 1. The largest absolute Gasteiger partial charge is 0.462 e. The maximum atomic E-state index is 11.1. The summed E-state index contributed by atoms with van der Waals surface area (Å²) in [5, 5.41) is 8.66. The van der Waals surface area contributed by atoms with E-state index in [1.165, 1.54) is 12.8 Å².